The first kappa shape index (κ1) is 11.2. The Morgan fingerprint density at radius 1 is 1.00 bits per heavy atom. The molecule has 0 bridgehead atoms. The van der Waals surface area contributed by atoms with Gasteiger partial charge in [-0.2, -0.15) is 0 Å². The molecule has 92 valence electrons. The van der Waals surface area contributed by atoms with Crippen LogP contribution in [-0.4, -0.2) is 14.2 Å². The fourth-order valence-electron chi connectivity index (χ4n) is 2.07. The van der Waals surface area contributed by atoms with Crippen LogP contribution in [0.5, 0.6) is 11.5 Å². The molecule has 0 N–H and O–H groups in total. The molecule has 1 aromatic heterocycles. The summed E-state index contributed by atoms with van der Waals surface area (Å²) in [5, 5.41) is 2.33. The number of fused-ring (bicyclic) bond motifs is 3. The molecule has 18 heavy (non-hydrogen) atoms. The summed E-state index contributed by atoms with van der Waals surface area (Å²) in [6, 6.07) is 9.29. The summed E-state index contributed by atoms with van der Waals surface area (Å²) in [7, 11) is 3.22. The number of benzene rings is 2. The maximum atomic E-state index is 6.33. The molecule has 0 saturated carbocycles. The first-order chi connectivity index (χ1) is 8.74. The van der Waals surface area contributed by atoms with Crippen molar-refractivity contribution in [3.63, 3.8) is 0 Å². The van der Waals surface area contributed by atoms with Gasteiger partial charge in [-0.25, -0.2) is 0 Å². The Hall–Kier alpha value is -1.87. The molecule has 0 spiro atoms. The topological polar surface area (TPSA) is 31.6 Å². The number of hydrogen-bond acceptors (Lipinski definition) is 3. The minimum Gasteiger partial charge on any atom is -0.497 e. The number of furan rings is 1. The van der Waals surface area contributed by atoms with Crippen LogP contribution in [0.25, 0.3) is 21.9 Å². The van der Waals surface area contributed by atoms with Crippen LogP contribution in [0.1, 0.15) is 0 Å². The smallest absolute Gasteiger partial charge is 0.138 e. The van der Waals surface area contributed by atoms with Crippen molar-refractivity contribution >= 4 is 33.5 Å². The van der Waals surface area contributed by atoms with Gasteiger partial charge in [0.1, 0.15) is 22.7 Å². The van der Waals surface area contributed by atoms with Crippen molar-refractivity contribution < 1.29 is 13.9 Å². The van der Waals surface area contributed by atoms with Gasteiger partial charge in [0.15, 0.2) is 0 Å². The average molecular weight is 263 g/mol. The largest absolute Gasteiger partial charge is 0.497 e. The number of hydrogen-bond donors (Lipinski definition) is 0. The molecule has 0 saturated heterocycles. The Balaban J connectivity index is 2.44. The van der Waals surface area contributed by atoms with E-state index in [0.717, 1.165) is 27.7 Å². The molecule has 0 atom stereocenters. The van der Waals surface area contributed by atoms with Crippen molar-refractivity contribution in [1.82, 2.24) is 0 Å². The van der Waals surface area contributed by atoms with Gasteiger partial charge in [-0.05, 0) is 30.3 Å². The van der Waals surface area contributed by atoms with Crippen molar-refractivity contribution in [3.05, 3.63) is 35.4 Å². The Labute approximate surface area is 109 Å². The van der Waals surface area contributed by atoms with E-state index in [1.807, 2.05) is 24.3 Å². The van der Waals surface area contributed by atoms with Crippen molar-refractivity contribution in [2.45, 2.75) is 0 Å². The number of ether oxygens (including phenoxy) is 2. The Kier molecular flexibility index (Phi) is 2.56. The van der Waals surface area contributed by atoms with Crippen molar-refractivity contribution in [2.75, 3.05) is 14.2 Å². The van der Waals surface area contributed by atoms with Crippen LogP contribution in [-0.2, 0) is 0 Å². The Morgan fingerprint density at radius 3 is 2.50 bits per heavy atom. The number of rotatable bonds is 2. The molecule has 1 heterocycles. The van der Waals surface area contributed by atoms with Gasteiger partial charge < -0.3 is 13.9 Å². The van der Waals surface area contributed by atoms with Crippen LogP contribution in [0.3, 0.4) is 0 Å². The SMILES string of the molecule is COc1ccc2oc3ccc(OC)c(Cl)c3c2c1. The van der Waals surface area contributed by atoms with Gasteiger partial charge in [0, 0.05) is 5.39 Å². The van der Waals surface area contributed by atoms with Crippen LogP contribution >= 0.6 is 11.6 Å². The summed E-state index contributed by atoms with van der Waals surface area (Å²) < 4.78 is 16.2. The molecular formula is C14H11ClO3. The fourth-order valence-corrected chi connectivity index (χ4v) is 2.41. The zero-order valence-corrected chi connectivity index (χ0v) is 10.7. The molecule has 3 nitrogen and oxygen atoms in total. The summed E-state index contributed by atoms with van der Waals surface area (Å²) in [5.74, 6) is 1.40. The lowest BCUT2D eigenvalue weighted by Gasteiger charge is -2.03. The maximum Gasteiger partial charge on any atom is 0.138 e. The zero-order valence-electron chi connectivity index (χ0n) is 9.99. The Bertz CT molecular complexity index is 731. The lowest BCUT2D eigenvalue weighted by atomic mass is 10.1. The Morgan fingerprint density at radius 2 is 1.78 bits per heavy atom. The molecule has 3 rings (SSSR count). The standard InChI is InChI=1S/C14H11ClO3/c1-16-8-3-4-10-9(7-8)13-11(18-10)5-6-12(17-2)14(13)15/h3-7H,1-2H3. The molecule has 4 heteroatoms. The van der Waals surface area contributed by atoms with Gasteiger partial charge in [-0.3, -0.25) is 0 Å². The van der Waals surface area contributed by atoms with Crippen LogP contribution in [0.4, 0.5) is 0 Å². The van der Waals surface area contributed by atoms with Gasteiger partial charge in [0.2, 0.25) is 0 Å². The lowest BCUT2D eigenvalue weighted by molar-refractivity contribution is 0.415. The molecule has 0 amide bonds. The van der Waals surface area contributed by atoms with Gasteiger partial charge in [0.05, 0.1) is 24.6 Å². The van der Waals surface area contributed by atoms with Crippen LogP contribution < -0.4 is 9.47 Å². The van der Waals surface area contributed by atoms with E-state index in [1.165, 1.54) is 0 Å². The molecule has 0 fully saturated rings. The monoisotopic (exact) mass is 262 g/mol. The molecule has 0 unspecified atom stereocenters. The minimum atomic E-state index is 0.557. The van der Waals surface area contributed by atoms with Crippen molar-refractivity contribution in [3.8, 4) is 11.5 Å². The van der Waals surface area contributed by atoms with E-state index in [2.05, 4.69) is 0 Å². The predicted octanol–water partition coefficient (Wildman–Crippen LogP) is 4.26. The molecule has 0 aliphatic heterocycles. The van der Waals surface area contributed by atoms with Gasteiger partial charge in [-0.1, -0.05) is 11.6 Å². The molecule has 0 radical (unpaired) electrons. The second-order valence-corrected chi connectivity index (χ2v) is 4.30. The zero-order chi connectivity index (χ0) is 12.7. The van der Waals surface area contributed by atoms with Crippen molar-refractivity contribution in [1.29, 1.82) is 0 Å². The highest BCUT2D eigenvalue weighted by atomic mass is 35.5. The van der Waals surface area contributed by atoms with Crippen LogP contribution in [0.2, 0.25) is 5.02 Å². The van der Waals surface area contributed by atoms with Crippen molar-refractivity contribution in [2.24, 2.45) is 0 Å². The third kappa shape index (κ3) is 1.51. The second kappa shape index (κ2) is 4.10. The minimum absolute atomic E-state index is 0.557. The van der Waals surface area contributed by atoms with E-state index >= 15 is 0 Å². The average Bonchev–Trinajstić information content (AvgIpc) is 2.77. The second-order valence-electron chi connectivity index (χ2n) is 3.92. The molecule has 0 aliphatic rings. The molecule has 0 aliphatic carbocycles. The fraction of sp³-hybridized carbons (Fsp3) is 0.143. The quantitative estimate of drug-likeness (QED) is 0.692. The predicted molar refractivity (Wildman–Crippen MR) is 71.8 cm³/mol. The van der Waals surface area contributed by atoms with Gasteiger partial charge in [0.25, 0.3) is 0 Å². The highest BCUT2D eigenvalue weighted by Crippen LogP contribution is 2.40. The summed E-state index contributed by atoms with van der Waals surface area (Å²) >= 11 is 6.33. The van der Waals surface area contributed by atoms with E-state index in [1.54, 1.807) is 20.3 Å². The van der Waals surface area contributed by atoms with Crippen LogP contribution in [0, 0.1) is 0 Å². The first-order valence-electron chi connectivity index (χ1n) is 5.47. The number of methoxy groups -OCH3 is 2. The molecule has 3 aromatic rings. The third-order valence-corrected chi connectivity index (χ3v) is 3.34. The van der Waals surface area contributed by atoms with E-state index < -0.39 is 0 Å². The van der Waals surface area contributed by atoms with Crippen LogP contribution in [0.15, 0.2) is 34.7 Å². The molecular weight excluding hydrogens is 252 g/mol. The summed E-state index contributed by atoms with van der Waals surface area (Å²) in [5.41, 5.74) is 1.52. The summed E-state index contributed by atoms with van der Waals surface area (Å²) in [4.78, 5) is 0. The van der Waals surface area contributed by atoms with Gasteiger partial charge >= 0.3 is 0 Å². The van der Waals surface area contributed by atoms with E-state index in [9.17, 15) is 0 Å². The summed E-state index contributed by atoms with van der Waals surface area (Å²) in [6.45, 7) is 0. The molecule has 2 aromatic carbocycles. The third-order valence-electron chi connectivity index (χ3n) is 2.96. The van der Waals surface area contributed by atoms with Gasteiger partial charge in [-0.15, -0.1) is 0 Å². The highest BCUT2D eigenvalue weighted by Gasteiger charge is 2.14. The van der Waals surface area contributed by atoms with E-state index in [0.29, 0.717) is 10.8 Å². The summed E-state index contributed by atoms with van der Waals surface area (Å²) in [6.07, 6.45) is 0. The normalized spacial score (nSPS) is 11.1. The maximum absolute atomic E-state index is 6.33. The first-order valence-corrected chi connectivity index (χ1v) is 5.85. The van der Waals surface area contributed by atoms with E-state index in [4.69, 9.17) is 25.5 Å². The lowest BCUT2D eigenvalue weighted by Crippen LogP contribution is -1.84. The number of halogens is 1. The highest BCUT2D eigenvalue weighted by molar-refractivity contribution is 6.39. The van der Waals surface area contributed by atoms with E-state index in [-0.39, 0.29) is 0 Å².